The first-order chi connectivity index (χ1) is 15.6. The number of hydrogen-bond acceptors (Lipinski definition) is 6. The average Bonchev–Trinajstić information content (AvgIpc) is 3.60. The number of ketones is 1. The van der Waals surface area contributed by atoms with E-state index in [2.05, 4.69) is 4.98 Å². The van der Waals surface area contributed by atoms with Crippen molar-refractivity contribution in [2.24, 2.45) is 5.92 Å². The summed E-state index contributed by atoms with van der Waals surface area (Å²) in [4.78, 5) is 16.7. The maximum atomic E-state index is 12.2. The SMILES string of the molecule is CCOc1cc2nccc(Oc3ccc(CC(=O)CC4CC4)c(Cl)c3)c2c2c1OCCO2. The molecule has 166 valence electrons. The van der Waals surface area contributed by atoms with E-state index in [-0.39, 0.29) is 5.78 Å². The molecule has 2 aromatic carbocycles. The molecule has 1 aromatic heterocycles. The average molecular weight is 454 g/mol. The van der Waals surface area contributed by atoms with E-state index in [0.29, 0.717) is 83.3 Å². The van der Waals surface area contributed by atoms with Crippen molar-refractivity contribution in [1.82, 2.24) is 4.98 Å². The van der Waals surface area contributed by atoms with E-state index < -0.39 is 0 Å². The second-order valence-corrected chi connectivity index (χ2v) is 8.49. The fraction of sp³-hybridized carbons (Fsp3) is 0.360. The first-order valence-corrected chi connectivity index (χ1v) is 11.3. The largest absolute Gasteiger partial charge is 0.490 e. The van der Waals surface area contributed by atoms with Gasteiger partial charge in [-0.05, 0) is 49.4 Å². The summed E-state index contributed by atoms with van der Waals surface area (Å²) in [5.74, 6) is 3.68. The Morgan fingerprint density at radius 3 is 2.69 bits per heavy atom. The number of fused-ring (bicyclic) bond motifs is 3. The Hall–Kier alpha value is -2.99. The number of halogens is 1. The zero-order valence-electron chi connectivity index (χ0n) is 17.9. The Balaban J connectivity index is 1.45. The molecule has 0 N–H and O–H groups in total. The van der Waals surface area contributed by atoms with Crippen LogP contribution >= 0.6 is 11.6 Å². The molecule has 0 spiro atoms. The molecule has 0 amide bonds. The van der Waals surface area contributed by atoms with E-state index in [1.807, 2.05) is 25.1 Å². The summed E-state index contributed by atoms with van der Waals surface area (Å²) in [5, 5.41) is 1.23. The summed E-state index contributed by atoms with van der Waals surface area (Å²) in [6.45, 7) is 3.30. The third-order valence-corrected chi connectivity index (χ3v) is 5.95. The zero-order valence-corrected chi connectivity index (χ0v) is 18.6. The topological polar surface area (TPSA) is 66.9 Å². The summed E-state index contributed by atoms with van der Waals surface area (Å²) in [7, 11) is 0. The molecule has 1 saturated carbocycles. The number of rotatable bonds is 8. The van der Waals surface area contributed by atoms with Crippen LogP contribution in [0.1, 0.15) is 31.7 Å². The molecule has 2 heterocycles. The van der Waals surface area contributed by atoms with Gasteiger partial charge in [0.05, 0.1) is 17.5 Å². The number of pyridine rings is 1. The fourth-order valence-electron chi connectivity index (χ4n) is 3.91. The fourth-order valence-corrected chi connectivity index (χ4v) is 4.15. The molecule has 32 heavy (non-hydrogen) atoms. The zero-order chi connectivity index (χ0) is 22.1. The van der Waals surface area contributed by atoms with E-state index in [4.69, 9.17) is 30.5 Å². The van der Waals surface area contributed by atoms with Crippen molar-refractivity contribution in [1.29, 1.82) is 0 Å². The Labute approximate surface area is 191 Å². The molecule has 7 heteroatoms. The second kappa shape index (κ2) is 8.87. The van der Waals surface area contributed by atoms with Crippen LogP contribution in [0.15, 0.2) is 36.5 Å². The van der Waals surface area contributed by atoms with Gasteiger partial charge in [-0.15, -0.1) is 0 Å². The van der Waals surface area contributed by atoms with Gasteiger partial charge in [0.1, 0.15) is 30.5 Å². The molecule has 3 aromatic rings. The van der Waals surface area contributed by atoms with Gasteiger partial charge < -0.3 is 18.9 Å². The summed E-state index contributed by atoms with van der Waals surface area (Å²) in [6, 6.07) is 9.04. The molecule has 1 aliphatic heterocycles. The summed E-state index contributed by atoms with van der Waals surface area (Å²) in [6.07, 6.45) is 5.00. The van der Waals surface area contributed by atoms with Gasteiger partial charge in [-0.1, -0.05) is 17.7 Å². The lowest BCUT2D eigenvalue weighted by molar-refractivity contribution is -0.118. The van der Waals surface area contributed by atoms with E-state index in [1.54, 1.807) is 18.3 Å². The molecule has 2 aliphatic rings. The highest BCUT2D eigenvalue weighted by molar-refractivity contribution is 6.31. The maximum absolute atomic E-state index is 12.2. The summed E-state index contributed by atoms with van der Waals surface area (Å²) in [5.41, 5.74) is 1.50. The first kappa shape index (κ1) is 20.9. The van der Waals surface area contributed by atoms with Gasteiger partial charge in [-0.3, -0.25) is 9.78 Å². The number of aromatic nitrogens is 1. The smallest absolute Gasteiger partial charge is 0.204 e. The lowest BCUT2D eigenvalue weighted by atomic mass is 10.0. The Bertz CT molecular complexity index is 1170. The van der Waals surface area contributed by atoms with Crippen LogP contribution in [0.5, 0.6) is 28.7 Å². The summed E-state index contributed by atoms with van der Waals surface area (Å²) < 4.78 is 23.7. The minimum absolute atomic E-state index is 0.233. The van der Waals surface area contributed by atoms with Gasteiger partial charge in [0.15, 0.2) is 11.5 Å². The van der Waals surface area contributed by atoms with E-state index in [0.717, 1.165) is 18.4 Å². The molecule has 0 bridgehead atoms. The maximum Gasteiger partial charge on any atom is 0.204 e. The van der Waals surface area contributed by atoms with Crippen LogP contribution in [-0.2, 0) is 11.2 Å². The minimum Gasteiger partial charge on any atom is -0.490 e. The van der Waals surface area contributed by atoms with Crippen LogP contribution in [-0.4, -0.2) is 30.6 Å². The Kier molecular flexibility index (Phi) is 5.79. The molecule has 6 nitrogen and oxygen atoms in total. The quantitative estimate of drug-likeness (QED) is 0.432. The monoisotopic (exact) mass is 453 g/mol. The van der Waals surface area contributed by atoms with Crippen molar-refractivity contribution in [3.8, 4) is 28.7 Å². The van der Waals surface area contributed by atoms with E-state index >= 15 is 0 Å². The molecular weight excluding hydrogens is 430 g/mol. The van der Waals surface area contributed by atoms with E-state index in [9.17, 15) is 4.79 Å². The van der Waals surface area contributed by atoms with Crippen LogP contribution in [0.25, 0.3) is 10.9 Å². The highest BCUT2D eigenvalue weighted by Crippen LogP contribution is 2.48. The summed E-state index contributed by atoms with van der Waals surface area (Å²) >= 11 is 6.48. The first-order valence-electron chi connectivity index (χ1n) is 10.9. The Morgan fingerprint density at radius 2 is 1.94 bits per heavy atom. The van der Waals surface area contributed by atoms with Gasteiger partial charge in [0, 0.05) is 30.1 Å². The van der Waals surface area contributed by atoms with Gasteiger partial charge in [-0.2, -0.15) is 0 Å². The highest BCUT2D eigenvalue weighted by Gasteiger charge is 2.26. The lowest BCUT2D eigenvalue weighted by Gasteiger charge is -2.23. The van der Waals surface area contributed by atoms with Crippen molar-refractivity contribution >= 4 is 28.3 Å². The van der Waals surface area contributed by atoms with Crippen LogP contribution in [0.3, 0.4) is 0 Å². The van der Waals surface area contributed by atoms with Gasteiger partial charge in [0.2, 0.25) is 5.75 Å². The van der Waals surface area contributed by atoms with Crippen molar-refractivity contribution in [3.05, 3.63) is 47.1 Å². The molecule has 5 rings (SSSR count). The molecule has 0 atom stereocenters. The number of ether oxygens (including phenoxy) is 4. The predicted molar refractivity (Wildman–Crippen MR) is 121 cm³/mol. The molecule has 0 radical (unpaired) electrons. The molecule has 0 saturated heterocycles. The van der Waals surface area contributed by atoms with Crippen molar-refractivity contribution in [3.63, 3.8) is 0 Å². The molecule has 1 aliphatic carbocycles. The number of benzene rings is 2. The van der Waals surface area contributed by atoms with Gasteiger partial charge in [0.25, 0.3) is 0 Å². The number of nitrogens with zero attached hydrogens (tertiary/aromatic N) is 1. The molecule has 1 fully saturated rings. The number of carbonyl (C=O) groups excluding carboxylic acids is 1. The molecular formula is C25H24ClNO5. The van der Waals surface area contributed by atoms with Crippen LogP contribution in [0.2, 0.25) is 5.02 Å². The van der Waals surface area contributed by atoms with Gasteiger partial charge in [-0.25, -0.2) is 0 Å². The normalized spacial score (nSPS) is 14.9. The highest BCUT2D eigenvalue weighted by atomic mass is 35.5. The van der Waals surface area contributed by atoms with Crippen molar-refractivity contribution in [2.45, 2.75) is 32.6 Å². The third-order valence-electron chi connectivity index (χ3n) is 5.60. The Morgan fingerprint density at radius 1 is 1.12 bits per heavy atom. The standard InChI is InChI=1S/C25H24ClNO5/c1-2-29-22-14-20-23(25-24(22)30-9-10-31-25)21(7-8-27-20)32-18-6-5-16(19(26)13-18)12-17(28)11-15-3-4-15/h5-8,13-15H,2-4,9-12H2,1H3. The van der Waals surface area contributed by atoms with Gasteiger partial charge >= 0.3 is 0 Å². The number of carbonyl (C=O) groups is 1. The number of hydrogen-bond donors (Lipinski definition) is 0. The van der Waals surface area contributed by atoms with Crippen molar-refractivity contribution in [2.75, 3.05) is 19.8 Å². The van der Waals surface area contributed by atoms with Crippen molar-refractivity contribution < 1.29 is 23.7 Å². The number of Topliss-reactive ketones (excluding diaryl/α,β-unsaturated/α-hetero) is 1. The lowest BCUT2D eigenvalue weighted by Crippen LogP contribution is -2.16. The third kappa shape index (κ3) is 4.32. The van der Waals surface area contributed by atoms with Crippen LogP contribution in [0.4, 0.5) is 0 Å². The second-order valence-electron chi connectivity index (χ2n) is 8.08. The predicted octanol–water partition coefficient (Wildman–Crippen LogP) is 5.76. The minimum atomic E-state index is 0.233. The van der Waals surface area contributed by atoms with E-state index in [1.165, 1.54) is 0 Å². The van der Waals surface area contributed by atoms with Crippen LogP contribution < -0.4 is 18.9 Å². The van der Waals surface area contributed by atoms with Crippen LogP contribution in [0, 0.1) is 5.92 Å². The molecule has 0 unspecified atom stereocenters.